The SMILES string of the molecule is CNCC1CN(C(C)(C)C)C(=O)CO1. The van der Waals surface area contributed by atoms with Crippen molar-refractivity contribution in [3.05, 3.63) is 0 Å². The first-order chi connectivity index (χ1) is 6.45. The van der Waals surface area contributed by atoms with E-state index in [9.17, 15) is 4.79 Å². The zero-order valence-corrected chi connectivity index (χ0v) is 9.46. The molecule has 0 aliphatic carbocycles. The van der Waals surface area contributed by atoms with Gasteiger partial charge in [0.25, 0.3) is 0 Å². The number of carbonyl (C=O) groups is 1. The molecule has 4 heteroatoms. The van der Waals surface area contributed by atoms with Gasteiger partial charge in [-0.3, -0.25) is 4.79 Å². The molecular weight excluding hydrogens is 180 g/mol. The fourth-order valence-corrected chi connectivity index (χ4v) is 1.62. The van der Waals surface area contributed by atoms with E-state index < -0.39 is 0 Å². The molecule has 0 bridgehead atoms. The molecule has 1 aliphatic heterocycles. The molecule has 0 aromatic carbocycles. The van der Waals surface area contributed by atoms with Crippen molar-refractivity contribution in [3.63, 3.8) is 0 Å². The van der Waals surface area contributed by atoms with Crippen molar-refractivity contribution in [1.29, 1.82) is 0 Å². The van der Waals surface area contributed by atoms with E-state index in [0.29, 0.717) is 6.54 Å². The Morgan fingerprint density at radius 1 is 1.57 bits per heavy atom. The highest BCUT2D eigenvalue weighted by Crippen LogP contribution is 2.18. The summed E-state index contributed by atoms with van der Waals surface area (Å²) in [5.74, 6) is 0.0878. The van der Waals surface area contributed by atoms with Gasteiger partial charge in [-0.05, 0) is 27.8 Å². The van der Waals surface area contributed by atoms with Crippen molar-refractivity contribution >= 4 is 5.91 Å². The maximum atomic E-state index is 11.6. The number of carbonyl (C=O) groups excluding carboxylic acids is 1. The molecule has 1 fully saturated rings. The quantitative estimate of drug-likeness (QED) is 0.694. The molecule has 1 amide bonds. The standard InChI is InChI=1S/C10H20N2O2/c1-10(2,3)12-6-8(5-11-4)14-7-9(12)13/h8,11H,5-7H2,1-4H3. The first kappa shape index (κ1) is 11.5. The Morgan fingerprint density at radius 2 is 2.21 bits per heavy atom. The van der Waals surface area contributed by atoms with Gasteiger partial charge < -0.3 is 15.0 Å². The summed E-state index contributed by atoms with van der Waals surface area (Å²) in [4.78, 5) is 13.5. The lowest BCUT2D eigenvalue weighted by molar-refractivity contribution is -0.155. The Hall–Kier alpha value is -0.610. The van der Waals surface area contributed by atoms with Crippen molar-refractivity contribution in [3.8, 4) is 0 Å². The van der Waals surface area contributed by atoms with Gasteiger partial charge in [0, 0.05) is 18.6 Å². The van der Waals surface area contributed by atoms with Gasteiger partial charge in [-0.2, -0.15) is 0 Å². The van der Waals surface area contributed by atoms with Crippen LogP contribution < -0.4 is 5.32 Å². The van der Waals surface area contributed by atoms with E-state index in [4.69, 9.17) is 4.74 Å². The van der Waals surface area contributed by atoms with Crippen LogP contribution in [0, 0.1) is 0 Å². The van der Waals surface area contributed by atoms with Crippen LogP contribution in [0.25, 0.3) is 0 Å². The Labute approximate surface area is 85.6 Å². The van der Waals surface area contributed by atoms with Crippen LogP contribution in [0.4, 0.5) is 0 Å². The fraction of sp³-hybridized carbons (Fsp3) is 0.900. The average molecular weight is 200 g/mol. The van der Waals surface area contributed by atoms with E-state index >= 15 is 0 Å². The first-order valence-corrected chi connectivity index (χ1v) is 5.02. The van der Waals surface area contributed by atoms with Gasteiger partial charge in [-0.15, -0.1) is 0 Å². The minimum atomic E-state index is -0.104. The highest BCUT2D eigenvalue weighted by Gasteiger charge is 2.32. The number of hydrogen-bond acceptors (Lipinski definition) is 3. The van der Waals surface area contributed by atoms with Crippen LogP contribution in [0.1, 0.15) is 20.8 Å². The van der Waals surface area contributed by atoms with E-state index in [0.717, 1.165) is 6.54 Å². The Balaban J connectivity index is 2.60. The van der Waals surface area contributed by atoms with Gasteiger partial charge in [0.15, 0.2) is 0 Å². The predicted molar refractivity (Wildman–Crippen MR) is 55.1 cm³/mol. The third-order valence-electron chi connectivity index (χ3n) is 2.37. The molecule has 1 rings (SSSR count). The number of likely N-dealkylation sites (N-methyl/N-ethyl adjacent to an activating group) is 1. The Morgan fingerprint density at radius 3 is 2.71 bits per heavy atom. The summed E-state index contributed by atoms with van der Waals surface area (Å²) in [6.07, 6.45) is 0.122. The van der Waals surface area contributed by atoms with Gasteiger partial charge in [0.05, 0.1) is 6.10 Å². The van der Waals surface area contributed by atoms with Crippen LogP contribution in [-0.4, -0.2) is 49.2 Å². The maximum Gasteiger partial charge on any atom is 0.249 e. The third-order valence-corrected chi connectivity index (χ3v) is 2.37. The number of nitrogens with one attached hydrogen (secondary N) is 1. The molecule has 0 aromatic heterocycles. The Bertz CT molecular complexity index is 211. The van der Waals surface area contributed by atoms with Crippen LogP contribution in [0.5, 0.6) is 0 Å². The number of hydrogen-bond donors (Lipinski definition) is 1. The van der Waals surface area contributed by atoms with Crippen molar-refractivity contribution in [2.75, 3.05) is 26.7 Å². The molecule has 0 radical (unpaired) electrons. The average Bonchev–Trinajstić information content (AvgIpc) is 2.07. The Kier molecular flexibility index (Phi) is 3.50. The van der Waals surface area contributed by atoms with E-state index in [-0.39, 0.29) is 24.2 Å². The van der Waals surface area contributed by atoms with E-state index in [1.54, 1.807) is 0 Å². The molecule has 82 valence electrons. The van der Waals surface area contributed by atoms with Gasteiger partial charge >= 0.3 is 0 Å². The zero-order chi connectivity index (χ0) is 10.8. The third kappa shape index (κ3) is 2.69. The summed E-state index contributed by atoms with van der Waals surface area (Å²) in [5, 5.41) is 3.06. The van der Waals surface area contributed by atoms with Crippen molar-refractivity contribution < 1.29 is 9.53 Å². The van der Waals surface area contributed by atoms with Gasteiger partial charge in [0.1, 0.15) is 6.61 Å². The predicted octanol–water partition coefficient (Wildman–Crippen LogP) is 0.232. The molecule has 1 N–H and O–H groups in total. The van der Waals surface area contributed by atoms with Crippen molar-refractivity contribution in [2.45, 2.75) is 32.4 Å². The minimum absolute atomic E-state index is 0.0878. The van der Waals surface area contributed by atoms with Crippen LogP contribution in [-0.2, 0) is 9.53 Å². The van der Waals surface area contributed by atoms with Crippen LogP contribution in [0.15, 0.2) is 0 Å². The zero-order valence-electron chi connectivity index (χ0n) is 9.46. The van der Waals surface area contributed by atoms with Crippen molar-refractivity contribution in [1.82, 2.24) is 10.2 Å². The number of amides is 1. The number of ether oxygens (including phenoxy) is 1. The highest BCUT2D eigenvalue weighted by atomic mass is 16.5. The molecule has 1 atom stereocenters. The monoisotopic (exact) mass is 200 g/mol. The lowest BCUT2D eigenvalue weighted by Gasteiger charge is -2.41. The lowest BCUT2D eigenvalue weighted by Crippen LogP contribution is -2.56. The molecule has 0 saturated carbocycles. The molecule has 0 aromatic rings. The molecule has 1 saturated heterocycles. The normalized spacial score (nSPS) is 24.1. The van der Waals surface area contributed by atoms with Gasteiger partial charge in [-0.1, -0.05) is 0 Å². The summed E-state index contributed by atoms with van der Waals surface area (Å²) in [6, 6.07) is 0. The second-order valence-corrected chi connectivity index (χ2v) is 4.67. The number of rotatable bonds is 2. The number of morpholine rings is 1. The summed E-state index contributed by atoms with van der Waals surface area (Å²) in [5.41, 5.74) is -0.104. The van der Waals surface area contributed by atoms with E-state index in [1.165, 1.54) is 0 Å². The molecule has 0 spiro atoms. The maximum absolute atomic E-state index is 11.6. The van der Waals surface area contributed by atoms with Crippen LogP contribution in [0.2, 0.25) is 0 Å². The van der Waals surface area contributed by atoms with E-state index in [2.05, 4.69) is 5.32 Å². The summed E-state index contributed by atoms with van der Waals surface area (Å²) in [6.45, 7) is 7.83. The summed E-state index contributed by atoms with van der Waals surface area (Å²) >= 11 is 0. The van der Waals surface area contributed by atoms with Crippen molar-refractivity contribution in [2.24, 2.45) is 0 Å². The highest BCUT2D eigenvalue weighted by molar-refractivity contribution is 5.78. The van der Waals surface area contributed by atoms with E-state index in [1.807, 2.05) is 32.7 Å². The fourth-order valence-electron chi connectivity index (χ4n) is 1.62. The topological polar surface area (TPSA) is 41.6 Å². The smallest absolute Gasteiger partial charge is 0.249 e. The molecule has 1 aliphatic rings. The molecule has 4 nitrogen and oxygen atoms in total. The lowest BCUT2D eigenvalue weighted by atomic mass is 10.0. The molecule has 1 unspecified atom stereocenters. The van der Waals surface area contributed by atoms with Gasteiger partial charge in [0.2, 0.25) is 5.91 Å². The largest absolute Gasteiger partial charge is 0.365 e. The minimum Gasteiger partial charge on any atom is -0.365 e. The van der Waals surface area contributed by atoms with Crippen LogP contribution >= 0.6 is 0 Å². The summed E-state index contributed by atoms with van der Waals surface area (Å²) < 4.78 is 5.40. The van der Waals surface area contributed by atoms with Gasteiger partial charge in [-0.25, -0.2) is 0 Å². The first-order valence-electron chi connectivity index (χ1n) is 5.02. The molecule has 14 heavy (non-hydrogen) atoms. The van der Waals surface area contributed by atoms with Crippen LogP contribution in [0.3, 0.4) is 0 Å². The molecular formula is C10H20N2O2. The molecule has 1 heterocycles. The summed E-state index contributed by atoms with van der Waals surface area (Å²) in [7, 11) is 1.89. The second kappa shape index (κ2) is 4.28. The number of nitrogens with zero attached hydrogens (tertiary/aromatic N) is 1. The second-order valence-electron chi connectivity index (χ2n) is 4.67.